The molecule has 0 aromatic heterocycles. The van der Waals surface area contributed by atoms with Crippen LogP contribution in [0.1, 0.15) is 64.9 Å². The SMILES string of the molecule is CCCCC(=O)[C@@H]1C(=O)CCCC1=NCCc1ccc(OCC)c(OCC)c1. The third kappa shape index (κ3) is 6.18. The standard InChI is InChI=1S/C23H33NO4/c1-4-7-10-19(25)23-18(9-8-11-20(23)26)24-15-14-17-12-13-21(27-5-2)22(16-17)28-6-3/h12-13,16,23H,4-11,14-15H2,1-3H3/t23-/m1/s1. The van der Waals surface area contributed by atoms with Gasteiger partial charge in [0.2, 0.25) is 0 Å². The van der Waals surface area contributed by atoms with Gasteiger partial charge in [0.05, 0.1) is 13.2 Å². The Bertz CT molecular complexity index is 696. The van der Waals surface area contributed by atoms with Crippen LogP contribution in [0.3, 0.4) is 0 Å². The Labute approximate surface area is 168 Å². The first-order chi connectivity index (χ1) is 13.6. The minimum Gasteiger partial charge on any atom is -0.490 e. The fourth-order valence-corrected chi connectivity index (χ4v) is 3.53. The number of hydrogen-bond donors (Lipinski definition) is 0. The van der Waals surface area contributed by atoms with Gasteiger partial charge >= 0.3 is 0 Å². The number of ether oxygens (including phenoxy) is 2. The van der Waals surface area contributed by atoms with Crippen LogP contribution in [0.5, 0.6) is 11.5 Å². The van der Waals surface area contributed by atoms with Crippen molar-refractivity contribution < 1.29 is 19.1 Å². The van der Waals surface area contributed by atoms with Crippen molar-refractivity contribution in [1.82, 2.24) is 0 Å². The zero-order chi connectivity index (χ0) is 20.4. The van der Waals surface area contributed by atoms with Gasteiger partial charge in [0, 0.05) is 25.1 Å². The van der Waals surface area contributed by atoms with Crippen LogP contribution < -0.4 is 9.47 Å². The van der Waals surface area contributed by atoms with Gasteiger partial charge in [-0.05, 0) is 57.2 Å². The molecule has 1 atom stereocenters. The number of carbonyl (C=O) groups is 2. The summed E-state index contributed by atoms with van der Waals surface area (Å²) in [6.07, 6.45) is 5.05. The predicted octanol–water partition coefficient (Wildman–Crippen LogP) is 4.60. The predicted molar refractivity (Wildman–Crippen MR) is 112 cm³/mol. The summed E-state index contributed by atoms with van der Waals surface area (Å²) in [5.41, 5.74) is 1.89. The minimum absolute atomic E-state index is 0.0463. The van der Waals surface area contributed by atoms with Gasteiger partial charge in [-0.1, -0.05) is 19.4 Å². The lowest BCUT2D eigenvalue weighted by Crippen LogP contribution is -2.35. The van der Waals surface area contributed by atoms with Crippen LogP contribution in [-0.2, 0) is 16.0 Å². The Balaban J connectivity index is 2.05. The third-order valence-corrected chi connectivity index (χ3v) is 4.93. The van der Waals surface area contributed by atoms with Crippen LogP contribution >= 0.6 is 0 Å². The van der Waals surface area contributed by atoms with Gasteiger partial charge in [0.15, 0.2) is 11.5 Å². The summed E-state index contributed by atoms with van der Waals surface area (Å²) >= 11 is 0. The molecule has 1 aromatic carbocycles. The molecule has 1 aliphatic rings. The van der Waals surface area contributed by atoms with E-state index in [1.54, 1.807) is 0 Å². The van der Waals surface area contributed by atoms with E-state index in [9.17, 15) is 9.59 Å². The molecule has 1 aromatic rings. The van der Waals surface area contributed by atoms with E-state index in [2.05, 4.69) is 11.9 Å². The van der Waals surface area contributed by atoms with E-state index < -0.39 is 5.92 Å². The van der Waals surface area contributed by atoms with Gasteiger partial charge in [0.25, 0.3) is 0 Å². The van der Waals surface area contributed by atoms with Crippen LogP contribution in [0, 0.1) is 5.92 Å². The Morgan fingerprint density at radius 1 is 1.11 bits per heavy atom. The molecular formula is C23H33NO4. The van der Waals surface area contributed by atoms with Crippen molar-refractivity contribution >= 4 is 17.3 Å². The van der Waals surface area contributed by atoms with Crippen LogP contribution in [0.4, 0.5) is 0 Å². The quantitative estimate of drug-likeness (QED) is 0.521. The Hall–Kier alpha value is -2.17. The molecule has 0 spiro atoms. The highest BCUT2D eigenvalue weighted by Crippen LogP contribution is 2.29. The Morgan fingerprint density at radius 2 is 1.86 bits per heavy atom. The van der Waals surface area contributed by atoms with E-state index in [0.29, 0.717) is 32.6 Å². The number of carbonyl (C=O) groups excluding carboxylic acids is 2. The number of ketones is 2. The molecule has 0 amide bonds. The van der Waals surface area contributed by atoms with Crippen LogP contribution in [0.15, 0.2) is 23.2 Å². The van der Waals surface area contributed by atoms with E-state index >= 15 is 0 Å². The fraction of sp³-hybridized carbons (Fsp3) is 0.609. The number of nitrogens with zero attached hydrogens (tertiary/aromatic N) is 1. The third-order valence-electron chi connectivity index (χ3n) is 4.93. The maximum Gasteiger partial charge on any atom is 0.161 e. The molecule has 2 rings (SSSR count). The molecule has 0 unspecified atom stereocenters. The number of unbranched alkanes of at least 4 members (excludes halogenated alkanes) is 1. The van der Waals surface area contributed by atoms with Gasteiger partial charge in [0.1, 0.15) is 17.5 Å². The topological polar surface area (TPSA) is 65.0 Å². The van der Waals surface area contributed by atoms with Gasteiger partial charge < -0.3 is 9.47 Å². The summed E-state index contributed by atoms with van der Waals surface area (Å²) in [5.74, 6) is 0.990. The normalized spacial score (nSPS) is 18.3. The van der Waals surface area contributed by atoms with E-state index in [-0.39, 0.29) is 11.6 Å². The first-order valence-electron chi connectivity index (χ1n) is 10.6. The van der Waals surface area contributed by atoms with Crippen LogP contribution in [0.25, 0.3) is 0 Å². The molecule has 1 aliphatic carbocycles. The van der Waals surface area contributed by atoms with Gasteiger partial charge in [-0.25, -0.2) is 0 Å². The first kappa shape index (κ1) is 22.1. The maximum absolute atomic E-state index is 12.5. The van der Waals surface area contributed by atoms with Crippen molar-refractivity contribution in [2.45, 2.75) is 65.7 Å². The summed E-state index contributed by atoms with van der Waals surface area (Å²) in [4.78, 5) is 29.5. The summed E-state index contributed by atoms with van der Waals surface area (Å²) < 4.78 is 11.3. The summed E-state index contributed by atoms with van der Waals surface area (Å²) in [6, 6.07) is 5.94. The smallest absolute Gasteiger partial charge is 0.161 e. The molecule has 0 aliphatic heterocycles. The highest BCUT2D eigenvalue weighted by Gasteiger charge is 2.33. The number of benzene rings is 1. The second-order valence-electron chi connectivity index (χ2n) is 7.09. The summed E-state index contributed by atoms with van der Waals surface area (Å²) in [5, 5.41) is 0. The van der Waals surface area contributed by atoms with Gasteiger partial charge in [-0.2, -0.15) is 0 Å². The lowest BCUT2D eigenvalue weighted by Gasteiger charge is -2.22. The second kappa shape index (κ2) is 11.6. The number of aliphatic imine (C=N–C) groups is 1. The Kier molecular flexibility index (Phi) is 9.18. The highest BCUT2D eigenvalue weighted by molar-refractivity contribution is 6.22. The maximum atomic E-state index is 12.5. The molecule has 0 radical (unpaired) electrons. The molecule has 5 nitrogen and oxygen atoms in total. The number of rotatable bonds is 11. The molecule has 0 bridgehead atoms. The van der Waals surface area contributed by atoms with Crippen molar-refractivity contribution in [1.29, 1.82) is 0 Å². The van der Waals surface area contributed by atoms with Gasteiger partial charge in [-0.3, -0.25) is 14.6 Å². The highest BCUT2D eigenvalue weighted by atomic mass is 16.5. The molecule has 154 valence electrons. The lowest BCUT2D eigenvalue weighted by molar-refractivity contribution is -0.130. The molecule has 0 saturated heterocycles. The minimum atomic E-state index is -0.598. The number of Topliss-reactive ketones (excluding diaryl/α,β-unsaturated/α-hetero) is 2. The van der Waals surface area contributed by atoms with E-state index in [1.807, 2.05) is 32.0 Å². The average Bonchev–Trinajstić information content (AvgIpc) is 2.68. The summed E-state index contributed by atoms with van der Waals surface area (Å²) in [7, 11) is 0. The molecular weight excluding hydrogens is 354 g/mol. The zero-order valence-electron chi connectivity index (χ0n) is 17.5. The summed E-state index contributed by atoms with van der Waals surface area (Å²) in [6.45, 7) is 7.69. The van der Waals surface area contributed by atoms with E-state index in [4.69, 9.17) is 9.47 Å². The van der Waals surface area contributed by atoms with E-state index in [0.717, 1.165) is 54.9 Å². The van der Waals surface area contributed by atoms with Crippen molar-refractivity contribution in [3.8, 4) is 11.5 Å². The first-order valence-corrected chi connectivity index (χ1v) is 10.6. The van der Waals surface area contributed by atoms with Crippen LogP contribution in [0.2, 0.25) is 0 Å². The zero-order valence-corrected chi connectivity index (χ0v) is 17.5. The fourth-order valence-electron chi connectivity index (χ4n) is 3.53. The molecule has 5 heteroatoms. The van der Waals surface area contributed by atoms with Crippen molar-refractivity contribution in [2.75, 3.05) is 19.8 Å². The molecule has 1 fully saturated rings. The number of hydrogen-bond acceptors (Lipinski definition) is 5. The lowest BCUT2D eigenvalue weighted by atomic mass is 9.81. The van der Waals surface area contributed by atoms with Crippen molar-refractivity contribution in [2.24, 2.45) is 10.9 Å². The monoisotopic (exact) mass is 387 g/mol. The molecule has 1 saturated carbocycles. The molecule has 0 N–H and O–H groups in total. The second-order valence-corrected chi connectivity index (χ2v) is 7.09. The average molecular weight is 388 g/mol. The van der Waals surface area contributed by atoms with E-state index in [1.165, 1.54) is 0 Å². The van der Waals surface area contributed by atoms with Crippen molar-refractivity contribution in [3.63, 3.8) is 0 Å². The van der Waals surface area contributed by atoms with Crippen LogP contribution in [-0.4, -0.2) is 37.0 Å². The Morgan fingerprint density at radius 3 is 2.57 bits per heavy atom. The van der Waals surface area contributed by atoms with Gasteiger partial charge in [-0.15, -0.1) is 0 Å². The molecule has 0 heterocycles. The van der Waals surface area contributed by atoms with Crippen molar-refractivity contribution in [3.05, 3.63) is 23.8 Å². The largest absolute Gasteiger partial charge is 0.490 e. The molecule has 28 heavy (non-hydrogen) atoms.